The first kappa shape index (κ1) is 17.2. The van der Waals surface area contributed by atoms with Gasteiger partial charge in [0.15, 0.2) is 0 Å². The minimum atomic E-state index is -0.616. The largest absolute Gasteiger partial charge is 0.272 e. The molecule has 0 aliphatic rings. The van der Waals surface area contributed by atoms with E-state index < -0.39 is 5.54 Å². The maximum absolute atomic E-state index is 12.8. The molecule has 0 radical (unpaired) electrons. The fraction of sp³-hybridized carbons (Fsp3) is 0.211. The van der Waals surface area contributed by atoms with Crippen LogP contribution in [-0.4, -0.2) is 22.4 Å². The maximum Gasteiger partial charge on any atom is 0.272 e. The Balaban J connectivity index is 2.26. The molecule has 0 aromatic heterocycles. The second-order valence-corrected chi connectivity index (χ2v) is 6.31. The van der Waals surface area contributed by atoms with Gasteiger partial charge in [0.05, 0.1) is 17.2 Å². The van der Waals surface area contributed by atoms with Crippen molar-refractivity contribution < 1.29 is 9.59 Å². The number of benzene rings is 2. The molecule has 0 bridgehead atoms. The van der Waals surface area contributed by atoms with Crippen LogP contribution in [0.2, 0.25) is 0 Å². The lowest BCUT2D eigenvalue weighted by Crippen LogP contribution is -2.55. The quantitative estimate of drug-likeness (QED) is 0.864. The van der Waals surface area contributed by atoms with E-state index in [2.05, 4.69) is 5.43 Å². The Labute approximate surface area is 141 Å². The van der Waals surface area contributed by atoms with Crippen molar-refractivity contribution in [3.05, 3.63) is 71.3 Å². The van der Waals surface area contributed by atoms with Gasteiger partial charge >= 0.3 is 0 Å². The van der Waals surface area contributed by atoms with Crippen LogP contribution >= 0.6 is 0 Å². The molecule has 0 fully saturated rings. The van der Waals surface area contributed by atoms with Gasteiger partial charge in [0, 0.05) is 11.1 Å². The summed E-state index contributed by atoms with van der Waals surface area (Å²) in [5.41, 5.74) is 3.41. The third kappa shape index (κ3) is 3.99. The highest BCUT2D eigenvalue weighted by Gasteiger charge is 2.29. The molecule has 0 aliphatic heterocycles. The fourth-order valence-corrected chi connectivity index (χ4v) is 2.10. The average molecular weight is 321 g/mol. The van der Waals surface area contributed by atoms with Crippen molar-refractivity contribution in [2.45, 2.75) is 26.3 Å². The SMILES string of the molecule is CC(C)(C)N(NC(=O)c1ccccc1)C(=O)c1ccc(C#N)cc1. The lowest BCUT2D eigenvalue weighted by atomic mass is 10.1. The van der Waals surface area contributed by atoms with Gasteiger partial charge in [-0.15, -0.1) is 0 Å². The van der Waals surface area contributed by atoms with E-state index in [1.54, 1.807) is 48.5 Å². The van der Waals surface area contributed by atoms with Gasteiger partial charge in [0.25, 0.3) is 11.8 Å². The van der Waals surface area contributed by atoms with Crippen LogP contribution in [-0.2, 0) is 0 Å². The van der Waals surface area contributed by atoms with Crippen LogP contribution < -0.4 is 5.43 Å². The topological polar surface area (TPSA) is 73.2 Å². The number of rotatable bonds is 2. The zero-order valence-electron chi connectivity index (χ0n) is 13.9. The highest BCUT2D eigenvalue weighted by atomic mass is 16.2. The van der Waals surface area contributed by atoms with Crippen LogP contribution in [0.25, 0.3) is 0 Å². The highest BCUT2D eigenvalue weighted by Crippen LogP contribution is 2.16. The lowest BCUT2D eigenvalue weighted by Gasteiger charge is -2.35. The smallest absolute Gasteiger partial charge is 0.267 e. The van der Waals surface area contributed by atoms with Crippen molar-refractivity contribution in [1.82, 2.24) is 10.4 Å². The van der Waals surface area contributed by atoms with E-state index in [1.165, 1.54) is 5.01 Å². The molecule has 0 unspecified atom stereocenters. The second kappa shape index (κ2) is 6.97. The molecule has 0 atom stereocenters. The molecule has 0 heterocycles. The first-order valence-electron chi connectivity index (χ1n) is 7.53. The molecule has 122 valence electrons. The molecular weight excluding hydrogens is 302 g/mol. The molecule has 2 amide bonds. The Hall–Kier alpha value is -3.13. The number of hydrogen-bond donors (Lipinski definition) is 1. The number of nitrogens with zero attached hydrogens (tertiary/aromatic N) is 2. The summed E-state index contributed by atoms with van der Waals surface area (Å²) in [5.74, 6) is -0.691. The van der Waals surface area contributed by atoms with Gasteiger partial charge in [-0.3, -0.25) is 15.0 Å². The zero-order valence-corrected chi connectivity index (χ0v) is 13.9. The summed E-state index contributed by atoms with van der Waals surface area (Å²) >= 11 is 0. The van der Waals surface area contributed by atoms with Crippen LogP contribution in [0, 0.1) is 11.3 Å². The number of nitriles is 1. The van der Waals surface area contributed by atoms with Crippen LogP contribution in [0.1, 0.15) is 47.1 Å². The van der Waals surface area contributed by atoms with E-state index in [4.69, 9.17) is 5.26 Å². The minimum Gasteiger partial charge on any atom is -0.267 e. The van der Waals surface area contributed by atoms with E-state index in [0.29, 0.717) is 16.7 Å². The van der Waals surface area contributed by atoms with Gasteiger partial charge in [-0.2, -0.15) is 5.26 Å². The van der Waals surface area contributed by atoms with Gasteiger partial charge in [0.2, 0.25) is 0 Å². The Morgan fingerprint density at radius 2 is 1.54 bits per heavy atom. The molecule has 2 rings (SSSR count). The summed E-state index contributed by atoms with van der Waals surface area (Å²) in [6.07, 6.45) is 0. The predicted octanol–water partition coefficient (Wildman–Crippen LogP) is 3.14. The molecule has 5 heteroatoms. The summed E-state index contributed by atoms with van der Waals surface area (Å²) in [6.45, 7) is 5.50. The van der Waals surface area contributed by atoms with Gasteiger partial charge in [-0.1, -0.05) is 18.2 Å². The second-order valence-electron chi connectivity index (χ2n) is 6.31. The van der Waals surface area contributed by atoms with Crippen molar-refractivity contribution in [3.8, 4) is 6.07 Å². The monoisotopic (exact) mass is 321 g/mol. The van der Waals surface area contributed by atoms with E-state index in [0.717, 1.165) is 0 Å². The summed E-state index contributed by atoms with van der Waals surface area (Å²) < 4.78 is 0. The standard InChI is InChI=1S/C19H19N3O2/c1-19(2,3)22(21-17(23)15-7-5-4-6-8-15)18(24)16-11-9-14(13-20)10-12-16/h4-12H,1-3H3,(H,21,23). The maximum atomic E-state index is 12.8. The average Bonchev–Trinajstić information content (AvgIpc) is 2.58. The third-order valence-electron chi connectivity index (χ3n) is 3.38. The molecule has 0 saturated heterocycles. The predicted molar refractivity (Wildman–Crippen MR) is 91.0 cm³/mol. The van der Waals surface area contributed by atoms with Crippen molar-refractivity contribution >= 4 is 11.8 Å². The van der Waals surface area contributed by atoms with Gasteiger partial charge in [-0.05, 0) is 57.2 Å². The Morgan fingerprint density at radius 3 is 2.04 bits per heavy atom. The number of hydrogen-bond acceptors (Lipinski definition) is 3. The Bertz CT molecular complexity index is 769. The molecule has 5 nitrogen and oxygen atoms in total. The first-order valence-corrected chi connectivity index (χ1v) is 7.53. The molecule has 1 N–H and O–H groups in total. The first-order chi connectivity index (χ1) is 11.3. The van der Waals surface area contributed by atoms with Crippen molar-refractivity contribution in [2.24, 2.45) is 0 Å². The molecular formula is C19H19N3O2. The molecule has 24 heavy (non-hydrogen) atoms. The fourth-order valence-electron chi connectivity index (χ4n) is 2.10. The lowest BCUT2D eigenvalue weighted by molar-refractivity contribution is 0.0358. The number of carbonyl (C=O) groups is 2. The number of carbonyl (C=O) groups excluding carboxylic acids is 2. The molecule has 2 aromatic carbocycles. The van der Waals surface area contributed by atoms with Crippen molar-refractivity contribution in [3.63, 3.8) is 0 Å². The Morgan fingerprint density at radius 1 is 0.958 bits per heavy atom. The van der Waals surface area contributed by atoms with E-state index in [1.807, 2.05) is 32.9 Å². The van der Waals surface area contributed by atoms with E-state index in [9.17, 15) is 9.59 Å². The summed E-state index contributed by atoms with van der Waals surface area (Å²) in [4.78, 5) is 25.2. The van der Waals surface area contributed by atoms with Crippen molar-refractivity contribution in [2.75, 3.05) is 0 Å². The van der Waals surface area contributed by atoms with Gasteiger partial charge in [0.1, 0.15) is 0 Å². The summed E-state index contributed by atoms with van der Waals surface area (Å²) in [5, 5.41) is 10.2. The van der Waals surface area contributed by atoms with Gasteiger partial charge < -0.3 is 0 Å². The normalized spacial score (nSPS) is 10.6. The summed E-state index contributed by atoms with van der Waals surface area (Å²) in [7, 11) is 0. The van der Waals surface area contributed by atoms with Crippen LogP contribution in [0.4, 0.5) is 0 Å². The number of hydrazine groups is 1. The van der Waals surface area contributed by atoms with Crippen LogP contribution in [0.15, 0.2) is 54.6 Å². The molecule has 0 spiro atoms. The molecule has 0 saturated carbocycles. The van der Waals surface area contributed by atoms with E-state index >= 15 is 0 Å². The zero-order chi connectivity index (χ0) is 17.7. The van der Waals surface area contributed by atoms with Crippen LogP contribution in [0.3, 0.4) is 0 Å². The summed E-state index contributed by atoms with van der Waals surface area (Å²) in [6, 6.07) is 17.0. The van der Waals surface area contributed by atoms with Gasteiger partial charge in [-0.25, -0.2) is 5.01 Å². The highest BCUT2D eigenvalue weighted by molar-refractivity contribution is 5.99. The number of nitrogens with one attached hydrogen (secondary N) is 1. The molecule has 2 aromatic rings. The van der Waals surface area contributed by atoms with Crippen molar-refractivity contribution in [1.29, 1.82) is 5.26 Å². The Kier molecular flexibility index (Phi) is 5.00. The molecule has 0 aliphatic carbocycles. The number of amides is 2. The third-order valence-corrected chi connectivity index (χ3v) is 3.38. The van der Waals surface area contributed by atoms with Crippen LogP contribution in [0.5, 0.6) is 0 Å². The van der Waals surface area contributed by atoms with E-state index in [-0.39, 0.29) is 11.8 Å². The minimum absolute atomic E-state index is 0.337.